The Hall–Kier alpha value is -6.90. The normalized spacial score (nSPS) is 12.2. The zero-order chi connectivity index (χ0) is 33.9. The van der Waals surface area contributed by atoms with Crippen LogP contribution in [-0.2, 0) is 0 Å². The molecule has 11 aromatic rings. The lowest BCUT2D eigenvalue weighted by Gasteiger charge is -2.14. The highest BCUT2D eigenvalue weighted by molar-refractivity contribution is 6.22. The molecule has 0 spiro atoms. The molecular weight excluding hydrogens is 629 g/mol. The van der Waals surface area contributed by atoms with Gasteiger partial charge in [0.2, 0.25) is 0 Å². The second-order valence-electron chi connectivity index (χ2n) is 14.1. The number of hydrogen-bond acceptors (Lipinski definition) is 0. The van der Waals surface area contributed by atoms with E-state index < -0.39 is 0 Å². The minimum atomic E-state index is 1.17. The van der Waals surface area contributed by atoms with E-state index in [-0.39, 0.29) is 0 Å². The van der Waals surface area contributed by atoms with Crippen LogP contribution < -0.4 is 0 Å². The molecule has 0 saturated carbocycles. The van der Waals surface area contributed by atoms with Gasteiger partial charge in [0.25, 0.3) is 0 Å². The summed E-state index contributed by atoms with van der Waals surface area (Å²) in [6, 6.07) is 67.2. The quantitative estimate of drug-likeness (QED) is 0.179. The Balaban J connectivity index is 1.14. The third kappa shape index (κ3) is 3.68. The van der Waals surface area contributed by atoms with Crippen molar-refractivity contribution in [3.63, 3.8) is 0 Å². The molecule has 0 saturated heterocycles. The van der Waals surface area contributed by atoms with Crippen LogP contribution in [0, 0.1) is 0 Å². The molecule has 52 heavy (non-hydrogen) atoms. The van der Waals surface area contributed by atoms with Gasteiger partial charge in [0.05, 0.1) is 27.8 Å². The van der Waals surface area contributed by atoms with Crippen molar-refractivity contribution < 1.29 is 0 Å². The number of fused-ring (bicyclic) bond motifs is 11. The third-order valence-electron chi connectivity index (χ3n) is 11.4. The van der Waals surface area contributed by atoms with Crippen LogP contribution in [0.2, 0.25) is 0 Å². The Morgan fingerprint density at radius 1 is 0.308 bits per heavy atom. The summed E-state index contributed by atoms with van der Waals surface area (Å²) in [5.41, 5.74) is 15.0. The van der Waals surface area contributed by atoms with E-state index in [0.29, 0.717) is 0 Å². The maximum absolute atomic E-state index is 2.53. The van der Waals surface area contributed by atoms with E-state index in [9.17, 15) is 0 Å². The number of nitrogens with zero attached hydrogens (tertiary/aromatic N) is 2. The molecule has 9 aromatic carbocycles. The predicted octanol–water partition coefficient (Wildman–Crippen LogP) is 13.5. The molecule has 0 aliphatic heterocycles. The lowest BCUT2D eigenvalue weighted by Crippen LogP contribution is -1.96. The fourth-order valence-corrected chi connectivity index (χ4v) is 9.20. The Bertz CT molecular complexity index is 3260. The summed E-state index contributed by atoms with van der Waals surface area (Å²) in [4.78, 5) is 0. The van der Waals surface area contributed by atoms with E-state index in [1.54, 1.807) is 0 Å². The van der Waals surface area contributed by atoms with Gasteiger partial charge >= 0.3 is 0 Å². The fourth-order valence-electron chi connectivity index (χ4n) is 9.20. The van der Waals surface area contributed by atoms with Crippen LogP contribution in [0.5, 0.6) is 0 Å². The first kappa shape index (κ1) is 27.9. The number of hydrogen-bond donors (Lipinski definition) is 0. The van der Waals surface area contributed by atoms with Gasteiger partial charge in [-0.3, -0.25) is 0 Å². The molecule has 2 nitrogen and oxygen atoms in total. The van der Waals surface area contributed by atoms with Crippen molar-refractivity contribution in [3.8, 4) is 44.8 Å². The molecule has 12 rings (SSSR count). The SMILES string of the molecule is c1ccc(-n2c3ccccc3c3ccc(-c4ccc5c(c4)c4ccc6ccccc6c4n5-c4ccc5c6c(cccc46)-c4ccccc4-5)cc32)cc1. The molecule has 0 atom stereocenters. The number of rotatable bonds is 3. The van der Waals surface area contributed by atoms with Crippen molar-refractivity contribution in [3.05, 3.63) is 182 Å². The summed E-state index contributed by atoms with van der Waals surface area (Å²) in [5, 5.41) is 10.2. The average molecular weight is 659 g/mol. The lowest BCUT2D eigenvalue weighted by atomic mass is 10.0. The van der Waals surface area contributed by atoms with Crippen LogP contribution in [-0.4, -0.2) is 9.13 Å². The van der Waals surface area contributed by atoms with Gasteiger partial charge in [-0.15, -0.1) is 0 Å². The zero-order valence-electron chi connectivity index (χ0n) is 28.2. The Labute approximate surface area is 300 Å². The summed E-state index contributed by atoms with van der Waals surface area (Å²) in [7, 11) is 0. The van der Waals surface area contributed by atoms with E-state index >= 15 is 0 Å². The molecule has 2 aromatic heterocycles. The van der Waals surface area contributed by atoms with Gasteiger partial charge in [-0.2, -0.15) is 0 Å². The van der Waals surface area contributed by atoms with Gasteiger partial charge in [-0.05, 0) is 86.6 Å². The van der Waals surface area contributed by atoms with Crippen LogP contribution in [0.25, 0.3) is 110 Å². The minimum Gasteiger partial charge on any atom is -0.309 e. The summed E-state index contributed by atoms with van der Waals surface area (Å²) in [6.07, 6.45) is 0. The number of benzene rings is 9. The van der Waals surface area contributed by atoms with Gasteiger partial charge in [-0.25, -0.2) is 0 Å². The monoisotopic (exact) mass is 658 g/mol. The molecule has 2 heteroatoms. The number of para-hydroxylation sites is 2. The first-order valence-corrected chi connectivity index (χ1v) is 18.0. The summed E-state index contributed by atoms with van der Waals surface area (Å²) in [6.45, 7) is 0. The van der Waals surface area contributed by atoms with Crippen LogP contribution in [0.1, 0.15) is 0 Å². The van der Waals surface area contributed by atoms with Gasteiger partial charge in [0.1, 0.15) is 0 Å². The second-order valence-corrected chi connectivity index (χ2v) is 14.1. The molecule has 2 heterocycles. The van der Waals surface area contributed by atoms with Gasteiger partial charge in [-0.1, -0.05) is 140 Å². The van der Waals surface area contributed by atoms with Crippen molar-refractivity contribution in [2.75, 3.05) is 0 Å². The Morgan fingerprint density at radius 3 is 1.83 bits per heavy atom. The predicted molar refractivity (Wildman–Crippen MR) is 220 cm³/mol. The topological polar surface area (TPSA) is 9.86 Å². The molecule has 0 radical (unpaired) electrons. The number of aromatic nitrogens is 2. The summed E-state index contributed by atoms with van der Waals surface area (Å²) >= 11 is 0. The second kappa shape index (κ2) is 10.3. The molecule has 1 aliphatic carbocycles. The highest BCUT2D eigenvalue weighted by Crippen LogP contribution is 2.49. The minimum absolute atomic E-state index is 1.17. The molecule has 0 unspecified atom stereocenters. The molecule has 1 aliphatic rings. The highest BCUT2D eigenvalue weighted by atomic mass is 15.0. The molecular formula is C50H30N2. The molecule has 0 bridgehead atoms. The Kier molecular flexibility index (Phi) is 5.53. The Morgan fingerprint density at radius 2 is 0.942 bits per heavy atom. The molecule has 240 valence electrons. The maximum Gasteiger partial charge on any atom is 0.0619 e. The van der Waals surface area contributed by atoms with Gasteiger partial charge < -0.3 is 9.13 Å². The van der Waals surface area contributed by atoms with Crippen LogP contribution in [0.3, 0.4) is 0 Å². The van der Waals surface area contributed by atoms with Crippen molar-refractivity contribution in [1.29, 1.82) is 0 Å². The first-order chi connectivity index (χ1) is 25.8. The largest absolute Gasteiger partial charge is 0.309 e. The van der Waals surface area contributed by atoms with E-state index in [1.165, 1.54) is 110 Å². The fraction of sp³-hybridized carbons (Fsp3) is 0. The average Bonchev–Trinajstić information content (AvgIpc) is 3.85. The highest BCUT2D eigenvalue weighted by Gasteiger charge is 2.24. The van der Waals surface area contributed by atoms with Crippen molar-refractivity contribution in [2.45, 2.75) is 0 Å². The van der Waals surface area contributed by atoms with E-state index in [0.717, 1.165) is 0 Å². The van der Waals surface area contributed by atoms with E-state index in [4.69, 9.17) is 0 Å². The summed E-state index contributed by atoms with van der Waals surface area (Å²) in [5.74, 6) is 0. The van der Waals surface area contributed by atoms with Gasteiger partial charge in [0.15, 0.2) is 0 Å². The molecule has 0 fully saturated rings. The lowest BCUT2D eigenvalue weighted by molar-refractivity contribution is 1.18. The van der Waals surface area contributed by atoms with E-state index in [1.807, 2.05) is 0 Å². The van der Waals surface area contributed by atoms with E-state index in [2.05, 4.69) is 191 Å². The molecule has 0 amide bonds. The van der Waals surface area contributed by atoms with Crippen molar-refractivity contribution in [1.82, 2.24) is 9.13 Å². The smallest absolute Gasteiger partial charge is 0.0619 e. The van der Waals surface area contributed by atoms with Crippen molar-refractivity contribution >= 4 is 65.2 Å². The van der Waals surface area contributed by atoms with Crippen LogP contribution >= 0.6 is 0 Å². The standard InChI is InChI=1S/C50H30N2/c1-2-12-34(13-3-1)51-45-20-9-8-17-38(45)39-24-22-33(30-48(39)51)32-23-27-47-44(29-32)42-25-21-31-11-4-5-14-35(31)50(42)52(47)46-28-26-41-37-16-7-6-15-36(37)40-18-10-19-43(46)49(40)41/h1-30H. The van der Waals surface area contributed by atoms with Gasteiger partial charge in [0, 0.05) is 38.0 Å². The zero-order valence-corrected chi connectivity index (χ0v) is 28.2. The maximum atomic E-state index is 2.53. The first-order valence-electron chi connectivity index (χ1n) is 18.0. The molecule has 0 N–H and O–H groups in total. The van der Waals surface area contributed by atoms with Crippen molar-refractivity contribution in [2.24, 2.45) is 0 Å². The van der Waals surface area contributed by atoms with Crippen LogP contribution in [0.4, 0.5) is 0 Å². The third-order valence-corrected chi connectivity index (χ3v) is 11.4. The van der Waals surface area contributed by atoms with Crippen LogP contribution in [0.15, 0.2) is 182 Å². The summed E-state index contributed by atoms with van der Waals surface area (Å²) < 4.78 is 4.93.